The van der Waals surface area contributed by atoms with E-state index in [9.17, 15) is 22.8 Å². The Bertz CT molecular complexity index is 724. The van der Waals surface area contributed by atoms with Crippen LogP contribution in [-0.2, 0) is 26.9 Å². The fourth-order valence-corrected chi connectivity index (χ4v) is 3.16. The highest BCUT2D eigenvalue weighted by molar-refractivity contribution is 5.94. The molecule has 2 amide bonds. The van der Waals surface area contributed by atoms with Gasteiger partial charge in [0.25, 0.3) is 5.91 Å². The summed E-state index contributed by atoms with van der Waals surface area (Å²) in [7, 11) is 0. The molecule has 1 fully saturated rings. The Morgan fingerprint density at radius 1 is 1.28 bits per heavy atom. The molecule has 1 aliphatic carbocycles. The molecule has 1 aliphatic heterocycles. The SMILES string of the molecule is CC(C)(C)OC(=O)N1C(=O)COC2Cc3cc(C(F)(F)F)ccc3C21. The second-order valence-corrected chi connectivity index (χ2v) is 7.15. The molecule has 2 unspecified atom stereocenters. The highest BCUT2D eigenvalue weighted by Crippen LogP contribution is 2.43. The number of hydrogen-bond donors (Lipinski definition) is 0. The first-order valence-corrected chi connectivity index (χ1v) is 7.84. The second kappa shape index (κ2) is 5.72. The number of rotatable bonds is 0. The van der Waals surface area contributed by atoms with Crippen LogP contribution in [0.2, 0.25) is 0 Å². The fraction of sp³-hybridized carbons (Fsp3) is 0.529. The highest BCUT2D eigenvalue weighted by atomic mass is 19.4. The minimum Gasteiger partial charge on any atom is -0.443 e. The molecule has 0 bridgehead atoms. The van der Waals surface area contributed by atoms with Crippen LogP contribution in [0.1, 0.15) is 43.5 Å². The summed E-state index contributed by atoms with van der Waals surface area (Å²) in [5, 5.41) is 0. The zero-order chi connectivity index (χ0) is 18.6. The van der Waals surface area contributed by atoms with E-state index in [4.69, 9.17) is 9.47 Å². The van der Waals surface area contributed by atoms with Gasteiger partial charge in [-0.3, -0.25) is 4.79 Å². The average Bonchev–Trinajstić information content (AvgIpc) is 2.82. The first kappa shape index (κ1) is 17.7. The number of carbonyl (C=O) groups is 2. The molecule has 0 aromatic heterocycles. The zero-order valence-corrected chi connectivity index (χ0v) is 14.0. The minimum absolute atomic E-state index is 0.205. The average molecular weight is 357 g/mol. The van der Waals surface area contributed by atoms with Gasteiger partial charge in [0, 0.05) is 6.42 Å². The van der Waals surface area contributed by atoms with E-state index in [0.29, 0.717) is 11.1 Å². The van der Waals surface area contributed by atoms with E-state index in [2.05, 4.69) is 0 Å². The quantitative estimate of drug-likeness (QED) is 0.714. The van der Waals surface area contributed by atoms with Crippen LogP contribution in [0, 0.1) is 0 Å². The second-order valence-electron chi connectivity index (χ2n) is 7.15. The van der Waals surface area contributed by atoms with Crippen LogP contribution in [0.4, 0.5) is 18.0 Å². The van der Waals surface area contributed by atoms with Crippen molar-refractivity contribution in [2.75, 3.05) is 6.61 Å². The Kier molecular flexibility index (Phi) is 4.06. The topological polar surface area (TPSA) is 55.8 Å². The molecule has 25 heavy (non-hydrogen) atoms. The molecule has 1 heterocycles. The van der Waals surface area contributed by atoms with E-state index in [1.165, 1.54) is 6.07 Å². The summed E-state index contributed by atoms with van der Waals surface area (Å²) < 4.78 is 49.5. The van der Waals surface area contributed by atoms with E-state index in [1.807, 2.05) is 0 Å². The molecule has 1 aromatic rings. The van der Waals surface area contributed by atoms with Gasteiger partial charge in [0.05, 0.1) is 17.7 Å². The lowest BCUT2D eigenvalue weighted by Crippen LogP contribution is -2.51. The maximum atomic E-state index is 12.9. The van der Waals surface area contributed by atoms with Gasteiger partial charge in [-0.2, -0.15) is 13.2 Å². The lowest BCUT2D eigenvalue weighted by molar-refractivity contribution is -0.153. The predicted octanol–water partition coefficient (Wildman–Crippen LogP) is 3.47. The summed E-state index contributed by atoms with van der Waals surface area (Å²) >= 11 is 0. The third kappa shape index (κ3) is 3.35. The molecule has 1 saturated heterocycles. The van der Waals surface area contributed by atoms with Crippen LogP contribution in [-0.4, -0.2) is 35.2 Å². The van der Waals surface area contributed by atoms with Crippen molar-refractivity contribution >= 4 is 12.0 Å². The molecule has 3 rings (SSSR count). The number of carbonyl (C=O) groups excluding carboxylic acids is 2. The lowest BCUT2D eigenvalue weighted by atomic mass is 10.0. The highest BCUT2D eigenvalue weighted by Gasteiger charge is 2.48. The van der Waals surface area contributed by atoms with Gasteiger partial charge in [0.1, 0.15) is 12.2 Å². The molecule has 136 valence electrons. The summed E-state index contributed by atoms with van der Waals surface area (Å²) in [4.78, 5) is 25.6. The van der Waals surface area contributed by atoms with Gasteiger partial charge in [-0.05, 0) is 44.0 Å². The number of morpholine rings is 1. The summed E-state index contributed by atoms with van der Waals surface area (Å²) in [6.07, 6.45) is -5.63. The Morgan fingerprint density at radius 3 is 2.56 bits per heavy atom. The van der Waals surface area contributed by atoms with Crippen molar-refractivity contribution in [3.8, 4) is 0 Å². The van der Waals surface area contributed by atoms with Gasteiger partial charge in [0.15, 0.2) is 0 Å². The Balaban J connectivity index is 1.97. The predicted molar refractivity (Wildman–Crippen MR) is 80.7 cm³/mol. The Labute approximate surface area is 142 Å². The van der Waals surface area contributed by atoms with Crippen molar-refractivity contribution in [3.63, 3.8) is 0 Å². The standard InChI is InChI=1S/C17H18F3NO4/c1-16(2,3)25-15(23)21-13(22)8-24-12-7-9-6-10(17(18,19)20)4-5-11(9)14(12)21/h4-6,12,14H,7-8H2,1-3H3. The number of nitrogens with zero attached hydrogens (tertiary/aromatic N) is 1. The van der Waals surface area contributed by atoms with Crippen molar-refractivity contribution in [3.05, 3.63) is 34.9 Å². The van der Waals surface area contributed by atoms with Gasteiger partial charge in [-0.15, -0.1) is 0 Å². The largest absolute Gasteiger partial charge is 0.443 e. The summed E-state index contributed by atoms with van der Waals surface area (Å²) in [5.74, 6) is -0.566. The van der Waals surface area contributed by atoms with Crippen LogP contribution < -0.4 is 0 Å². The Hall–Kier alpha value is -2.09. The van der Waals surface area contributed by atoms with Gasteiger partial charge < -0.3 is 9.47 Å². The molecule has 0 saturated carbocycles. The summed E-state index contributed by atoms with van der Waals surface area (Å²) in [6.45, 7) is 4.71. The number of halogens is 3. The van der Waals surface area contributed by atoms with Gasteiger partial charge in [-0.25, -0.2) is 9.69 Å². The number of imide groups is 1. The third-order valence-corrected chi connectivity index (χ3v) is 4.12. The molecule has 5 nitrogen and oxygen atoms in total. The smallest absolute Gasteiger partial charge is 0.417 e. The van der Waals surface area contributed by atoms with Crippen molar-refractivity contribution < 1.29 is 32.2 Å². The zero-order valence-electron chi connectivity index (χ0n) is 14.0. The Morgan fingerprint density at radius 2 is 1.96 bits per heavy atom. The molecular weight excluding hydrogens is 339 g/mol. The first-order valence-electron chi connectivity index (χ1n) is 7.84. The minimum atomic E-state index is -4.45. The van der Waals surface area contributed by atoms with Gasteiger partial charge in [0.2, 0.25) is 0 Å². The van der Waals surface area contributed by atoms with Crippen molar-refractivity contribution in [2.45, 2.75) is 51.1 Å². The number of fused-ring (bicyclic) bond motifs is 3. The monoisotopic (exact) mass is 357 g/mol. The number of hydrogen-bond acceptors (Lipinski definition) is 4. The van der Waals surface area contributed by atoms with Crippen molar-refractivity contribution in [2.24, 2.45) is 0 Å². The van der Waals surface area contributed by atoms with Crippen LogP contribution in [0.25, 0.3) is 0 Å². The lowest BCUT2D eigenvalue weighted by Gasteiger charge is -2.37. The van der Waals surface area contributed by atoms with Crippen LogP contribution in [0.5, 0.6) is 0 Å². The molecule has 0 N–H and O–H groups in total. The number of alkyl halides is 3. The molecule has 0 spiro atoms. The van der Waals surface area contributed by atoms with Crippen molar-refractivity contribution in [1.82, 2.24) is 4.90 Å². The van der Waals surface area contributed by atoms with Crippen LogP contribution in [0.3, 0.4) is 0 Å². The van der Waals surface area contributed by atoms with Crippen molar-refractivity contribution in [1.29, 1.82) is 0 Å². The van der Waals surface area contributed by atoms with Gasteiger partial charge >= 0.3 is 12.3 Å². The van der Waals surface area contributed by atoms with E-state index in [0.717, 1.165) is 17.0 Å². The van der Waals surface area contributed by atoms with E-state index in [-0.39, 0.29) is 13.0 Å². The summed E-state index contributed by atoms with van der Waals surface area (Å²) in [5.41, 5.74) is -0.655. The third-order valence-electron chi connectivity index (χ3n) is 4.12. The maximum absolute atomic E-state index is 12.9. The van der Waals surface area contributed by atoms with E-state index < -0.39 is 41.5 Å². The molecule has 2 aliphatic rings. The maximum Gasteiger partial charge on any atom is 0.417 e. The molecule has 0 radical (unpaired) electrons. The molecule has 8 heteroatoms. The molecule has 1 aromatic carbocycles. The number of ether oxygens (including phenoxy) is 2. The van der Waals surface area contributed by atoms with E-state index >= 15 is 0 Å². The fourth-order valence-electron chi connectivity index (χ4n) is 3.16. The molecule has 2 atom stereocenters. The normalized spacial score (nSPS) is 23.3. The van der Waals surface area contributed by atoms with Crippen LogP contribution in [0.15, 0.2) is 18.2 Å². The van der Waals surface area contributed by atoms with Crippen LogP contribution >= 0.6 is 0 Å². The first-order chi connectivity index (χ1) is 11.5. The number of amides is 2. The van der Waals surface area contributed by atoms with E-state index in [1.54, 1.807) is 20.8 Å². The summed E-state index contributed by atoms with van der Waals surface area (Å²) in [6, 6.07) is 2.54. The molecular formula is C17H18F3NO4. The van der Waals surface area contributed by atoms with Gasteiger partial charge in [-0.1, -0.05) is 6.07 Å². The number of benzene rings is 1.